The van der Waals surface area contributed by atoms with Crippen molar-refractivity contribution in [3.05, 3.63) is 58.1 Å². The zero-order chi connectivity index (χ0) is 17.9. The maximum atomic E-state index is 12.4. The molecule has 0 aliphatic heterocycles. The van der Waals surface area contributed by atoms with Gasteiger partial charge in [-0.05, 0) is 35.7 Å². The summed E-state index contributed by atoms with van der Waals surface area (Å²) >= 11 is 0. The second kappa shape index (κ2) is 6.88. The van der Waals surface area contributed by atoms with Crippen LogP contribution in [-0.4, -0.2) is 20.5 Å². The van der Waals surface area contributed by atoms with Crippen LogP contribution in [0.4, 0.5) is 5.69 Å². The number of hydrogen-bond acceptors (Lipinski definition) is 6. The first-order valence-corrected chi connectivity index (χ1v) is 8.52. The average molecular weight is 351 g/mol. The van der Waals surface area contributed by atoms with Crippen LogP contribution in [0.15, 0.2) is 47.4 Å². The van der Waals surface area contributed by atoms with Crippen LogP contribution in [-0.2, 0) is 10.1 Å². The van der Waals surface area contributed by atoms with Crippen molar-refractivity contribution in [1.82, 2.24) is 0 Å². The Morgan fingerprint density at radius 2 is 1.79 bits per heavy atom. The van der Waals surface area contributed by atoms with Crippen LogP contribution in [0.5, 0.6) is 11.5 Å². The van der Waals surface area contributed by atoms with Gasteiger partial charge in [-0.25, -0.2) is 0 Å². The number of ether oxygens (including phenoxy) is 1. The van der Waals surface area contributed by atoms with Gasteiger partial charge >= 0.3 is 10.1 Å². The van der Waals surface area contributed by atoms with E-state index in [-0.39, 0.29) is 17.4 Å². The molecular weight excluding hydrogens is 334 g/mol. The van der Waals surface area contributed by atoms with E-state index in [1.165, 1.54) is 19.2 Å². The highest BCUT2D eigenvalue weighted by molar-refractivity contribution is 7.87. The minimum Gasteiger partial charge on any atom is -0.497 e. The second-order valence-corrected chi connectivity index (χ2v) is 6.87. The van der Waals surface area contributed by atoms with Crippen molar-refractivity contribution in [2.45, 2.75) is 24.7 Å². The molecule has 24 heavy (non-hydrogen) atoms. The first kappa shape index (κ1) is 17.7. The third kappa shape index (κ3) is 3.83. The van der Waals surface area contributed by atoms with Crippen LogP contribution in [0.3, 0.4) is 0 Å². The van der Waals surface area contributed by atoms with Gasteiger partial charge in [0.05, 0.1) is 18.1 Å². The van der Waals surface area contributed by atoms with Crippen molar-refractivity contribution in [2.24, 2.45) is 0 Å². The maximum absolute atomic E-state index is 12.4. The summed E-state index contributed by atoms with van der Waals surface area (Å²) in [5, 5.41) is 11.2. The molecule has 0 amide bonds. The van der Waals surface area contributed by atoms with Crippen molar-refractivity contribution >= 4 is 15.8 Å². The van der Waals surface area contributed by atoms with Gasteiger partial charge in [0.15, 0.2) is 4.90 Å². The quantitative estimate of drug-likeness (QED) is 0.449. The van der Waals surface area contributed by atoms with Crippen molar-refractivity contribution in [3.8, 4) is 11.5 Å². The molecule has 0 saturated heterocycles. The monoisotopic (exact) mass is 351 g/mol. The summed E-state index contributed by atoms with van der Waals surface area (Å²) < 4.78 is 34.8. The van der Waals surface area contributed by atoms with Crippen LogP contribution in [0.2, 0.25) is 0 Å². The summed E-state index contributed by atoms with van der Waals surface area (Å²) in [5.41, 5.74) is 0.293. The Hall–Kier alpha value is -2.61. The molecule has 0 fully saturated rings. The fraction of sp³-hybridized carbons (Fsp3) is 0.250. The first-order chi connectivity index (χ1) is 11.2. The fourth-order valence-corrected chi connectivity index (χ4v) is 3.15. The Kier molecular flexibility index (Phi) is 5.08. The van der Waals surface area contributed by atoms with Crippen LogP contribution < -0.4 is 8.92 Å². The molecular formula is C16H17NO6S. The van der Waals surface area contributed by atoms with E-state index >= 15 is 0 Å². The normalized spacial score (nSPS) is 11.3. The Labute approximate surface area is 140 Å². The lowest BCUT2D eigenvalue weighted by molar-refractivity contribution is -0.388. The van der Waals surface area contributed by atoms with Gasteiger partial charge in [-0.15, -0.1) is 0 Å². The lowest BCUT2D eigenvalue weighted by atomic mass is 10.0. The van der Waals surface area contributed by atoms with Gasteiger partial charge in [-0.3, -0.25) is 10.1 Å². The fourth-order valence-electron chi connectivity index (χ4n) is 2.08. The number of nitrogens with zero attached hydrogens (tertiary/aromatic N) is 1. The molecule has 7 nitrogen and oxygen atoms in total. The van der Waals surface area contributed by atoms with E-state index in [0.29, 0.717) is 0 Å². The summed E-state index contributed by atoms with van der Waals surface area (Å²) in [5.74, 6) is 0.473. The molecule has 0 aromatic heterocycles. The number of nitro benzene ring substituents is 1. The molecule has 0 bridgehead atoms. The summed E-state index contributed by atoms with van der Waals surface area (Å²) in [4.78, 5) is 9.85. The standard InChI is InChI=1S/C16H17NO6S/c1-11(2)12-5-4-6-14(9-12)23-24(20,21)16-8-7-13(22-3)10-15(16)17(18)19/h4-11H,1-3H3. The third-order valence-electron chi connectivity index (χ3n) is 3.36. The molecule has 2 rings (SSSR count). The maximum Gasteiger partial charge on any atom is 0.346 e. The van der Waals surface area contributed by atoms with Crippen molar-refractivity contribution in [3.63, 3.8) is 0 Å². The SMILES string of the molecule is COc1ccc(S(=O)(=O)Oc2cccc(C(C)C)c2)c([N+](=O)[O-])c1. The van der Waals surface area contributed by atoms with Crippen LogP contribution >= 0.6 is 0 Å². The Bertz CT molecular complexity index is 861. The first-order valence-electron chi connectivity index (χ1n) is 7.11. The number of benzene rings is 2. The van der Waals surface area contributed by atoms with E-state index in [4.69, 9.17) is 8.92 Å². The topological polar surface area (TPSA) is 95.7 Å². The lowest BCUT2D eigenvalue weighted by Gasteiger charge is -2.11. The molecule has 128 valence electrons. The summed E-state index contributed by atoms with van der Waals surface area (Å²) in [7, 11) is -3.02. The van der Waals surface area contributed by atoms with Crippen molar-refractivity contribution < 1.29 is 22.3 Å². The number of methoxy groups -OCH3 is 1. The van der Waals surface area contributed by atoms with Crippen LogP contribution in [0.1, 0.15) is 25.3 Å². The molecule has 0 N–H and O–H groups in total. The second-order valence-electron chi connectivity index (χ2n) is 5.36. The van der Waals surface area contributed by atoms with E-state index in [9.17, 15) is 18.5 Å². The molecule has 0 radical (unpaired) electrons. The van der Waals surface area contributed by atoms with Gasteiger partial charge in [0.1, 0.15) is 11.5 Å². The highest BCUT2D eigenvalue weighted by Gasteiger charge is 2.28. The highest BCUT2D eigenvalue weighted by Crippen LogP contribution is 2.31. The number of rotatable bonds is 6. The molecule has 0 unspecified atom stereocenters. The molecule has 0 heterocycles. The van der Waals surface area contributed by atoms with E-state index in [2.05, 4.69) is 0 Å². The average Bonchev–Trinajstić information content (AvgIpc) is 2.53. The molecule has 2 aromatic carbocycles. The predicted octanol–water partition coefficient (Wildman–Crippen LogP) is 3.49. The van der Waals surface area contributed by atoms with Gasteiger partial charge in [-0.2, -0.15) is 8.42 Å². The van der Waals surface area contributed by atoms with Gasteiger partial charge in [-0.1, -0.05) is 26.0 Å². The molecule has 0 atom stereocenters. The highest BCUT2D eigenvalue weighted by atomic mass is 32.2. The molecule has 0 aliphatic rings. The van der Waals surface area contributed by atoms with Gasteiger partial charge in [0, 0.05) is 0 Å². The van der Waals surface area contributed by atoms with E-state index in [1.54, 1.807) is 12.1 Å². The minimum absolute atomic E-state index is 0.103. The van der Waals surface area contributed by atoms with Gasteiger partial charge in [0.25, 0.3) is 5.69 Å². The van der Waals surface area contributed by atoms with E-state index < -0.39 is 25.6 Å². The largest absolute Gasteiger partial charge is 0.497 e. The Morgan fingerprint density at radius 1 is 1.08 bits per heavy atom. The zero-order valence-corrected chi connectivity index (χ0v) is 14.2. The zero-order valence-electron chi connectivity index (χ0n) is 13.4. The summed E-state index contributed by atoms with van der Waals surface area (Å²) in [6.07, 6.45) is 0. The van der Waals surface area contributed by atoms with Crippen molar-refractivity contribution in [1.29, 1.82) is 0 Å². The lowest BCUT2D eigenvalue weighted by Crippen LogP contribution is -2.12. The van der Waals surface area contributed by atoms with E-state index in [1.807, 2.05) is 19.9 Å². The van der Waals surface area contributed by atoms with Crippen LogP contribution in [0.25, 0.3) is 0 Å². The van der Waals surface area contributed by atoms with Gasteiger partial charge in [0.2, 0.25) is 0 Å². The van der Waals surface area contributed by atoms with E-state index in [0.717, 1.165) is 17.7 Å². The molecule has 8 heteroatoms. The molecule has 2 aromatic rings. The Balaban J connectivity index is 2.44. The number of nitro groups is 1. The predicted molar refractivity (Wildman–Crippen MR) is 88.0 cm³/mol. The molecule has 0 aliphatic carbocycles. The smallest absolute Gasteiger partial charge is 0.346 e. The Morgan fingerprint density at radius 3 is 2.38 bits per heavy atom. The molecule has 0 spiro atoms. The summed E-state index contributed by atoms with van der Waals surface area (Å²) in [6.45, 7) is 3.92. The molecule has 0 saturated carbocycles. The van der Waals surface area contributed by atoms with Crippen LogP contribution in [0, 0.1) is 10.1 Å². The van der Waals surface area contributed by atoms with Gasteiger partial charge < -0.3 is 8.92 Å². The minimum atomic E-state index is -4.35. The number of hydrogen-bond donors (Lipinski definition) is 0. The summed E-state index contributed by atoms with van der Waals surface area (Å²) in [6, 6.07) is 10.1. The third-order valence-corrected chi connectivity index (χ3v) is 4.66. The van der Waals surface area contributed by atoms with Crippen molar-refractivity contribution in [2.75, 3.05) is 7.11 Å².